The van der Waals surface area contributed by atoms with Gasteiger partial charge in [0.1, 0.15) is 12.6 Å². The fourth-order valence-corrected chi connectivity index (χ4v) is 2.90. The Balaban J connectivity index is 2.01. The first-order valence-electron chi connectivity index (χ1n) is 7.33. The van der Waals surface area contributed by atoms with Crippen molar-refractivity contribution in [2.75, 3.05) is 36.5 Å². The van der Waals surface area contributed by atoms with E-state index in [1.807, 2.05) is 12.3 Å². The summed E-state index contributed by atoms with van der Waals surface area (Å²) < 4.78 is 0. The van der Waals surface area contributed by atoms with E-state index in [4.69, 9.17) is 5.26 Å². The van der Waals surface area contributed by atoms with E-state index in [1.54, 1.807) is 40.9 Å². The number of nitrogens with zero attached hydrogens (tertiary/aromatic N) is 3. The molecule has 1 aromatic carbocycles. The van der Waals surface area contributed by atoms with E-state index in [0.29, 0.717) is 36.5 Å². The highest BCUT2D eigenvalue weighted by atomic mass is 32.2. The van der Waals surface area contributed by atoms with Crippen LogP contribution in [0.2, 0.25) is 0 Å². The van der Waals surface area contributed by atoms with Crippen molar-refractivity contribution in [3.05, 3.63) is 29.8 Å². The van der Waals surface area contributed by atoms with Crippen molar-refractivity contribution in [2.45, 2.75) is 12.5 Å². The molecule has 0 radical (unpaired) electrons. The molecule has 1 aliphatic heterocycles. The molecule has 122 valence electrons. The number of hydrogen-bond donors (Lipinski definition) is 1. The third kappa shape index (κ3) is 4.24. The van der Waals surface area contributed by atoms with Crippen molar-refractivity contribution in [2.24, 2.45) is 0 Å². The zero-order chi connectivity index (χ0) is 16.8. The van der Waals surface area contributed by atoms with E-state index in [9.17, 15) is 14.7 Å². The predicted octanol–water partition coefficient (Wildman–Crippen LogP) is 0.847. The first-order chi connectivity index (χ1) is 11.1. The highest BCUT2D eigenvalue weighted by Gasteiger charge is 2.30. The minimum Gasteiger partial charge on any atom is -0.383 e. The molecular formula is C16H19N3O3S. The van der Waals surface area contributed by atoms with Gasteiger partial charge in [-0.25, -0.2) is 0 Å². The summed E-state index contributed by atoms with van der Waals surface area (Å²) in [6.07, 6.45) is 1.25. The van der Waals surface area contributed by atoms with Crippen LogP contribution in [0, 0.1) is 11.3 Å². The molecule has 0 aromatic heterocycles. The molecule has 1 aromatic rings. The number of anilines is 1. The highest BCUT2D eigenvalue weighted by molar-refractivity contribution is 7.98. The molecule has 0 unspecified atom stereocenters. The number of thioether (sulfide) groups is 1. The Morgan fingerprint density at radius 2 is 2.26 bits per heavy atom. The van der Waals surface area contributed by atoms with Crippen LogP contribution in [0.5, 0.6) is 0 Å². The Bertz CT molecular complexity index is 629. The van der Waals surface area contributed by atoms with Gasteiger partial charge in [0.25, 0.3) is 5.91 Å². The monoisotopic (exact) mass is 333 g/mol. The Morgan fingerprint density at radius 3 is 2.91 bits per heavy atom. The van der Waals surface area contributed by atoms with Crippen LogP contribution in [-0.2, 0) is 9.59 Å². The first-order valence-corrected chi connectivity index (χ1v) is 8.72. The topological polar surface area (TPSA) is 84.6 Å². The van der Waals surface area contributed by atoms with Crippen molar-refractivity contribution in [3.63, 3.8) is 0 Å². The summed E-state index contributed by atoms with van der Waals surface area (Å²) in [4.78, 5) is 27.4. The fraction of sp³-hybridized carbons (Fsp3) is 0.438. The summed E-state index contributed by atoms with van der Waals surface area (Å²) in [6.45, 7) is 0.679. The molecule has 0 aliphatic carbocycles. The van der Waals surface area contributed by atoms with Gasteiger partial charge in [0.05, 0.1) is 11.6 Å². The Hall–Kier alpha value is -2.04. The molecule has 0 bridgehead atoms. The number of rotatable bonds is 5. The van der Waals surface area contributed by atoms with E-state index < -0.39 is 12.0 Å². The third-order valence-electron chi connectivity index (χ3n) is 3.70. The van der Waals surface area contributed by atoms with Gasteiger partial charge in [-0.15, -0.1) is 0 Å². The van der Waals surface area contributed by atoms with Crippen molar-refractivity contribution in [1.82, 2.24) is 4.90 Å². The van der Waals surface area contributed by atoms with Crippen molar-refractivity contribution in [1.29, 1.82) is 5.26 Å². The molecule has 0 saturated carbocycles. The smallest absolute Gasteiger partial charge is 0.251 e. The lowest BCUT2D eigenvalue weighted by molar-refractivity contribution is -0.144. The molecule has 0 spiro atoms. The Morgan fingerprint density at radius 1 is 1.48 bits per heavy atom. The number of benzene rings is 1. The molecule has 2 amide bonds. The second-order valence-corrected chi connectivity index (χ2v) is 6.25. The minimum absolute atomic E-state index is 0.0497. The molecular weight excluding hydrogens is 314 g/mol. The van der Waals surface area contributed by atoms with E-state index in [1.165, 1.54) is 4.90 Å². The normalized spacial score (nSPS) is 16.1. The van der Waals surface area contributed by atoms with Crippen LogP contribution in [0.25, 0.3) is 0 Å². The number of carbonyl (C=O) groups excluding carboxylic acids is 2. The zero-order valence-corrected chi connectivity index (χ0v) is 13.8. The van der Waals surface area contributed by atoms with E-state index >= 15 is 0 Å². The summed E-state index contributed by atoms with van der Waals surface area (Å²) in [6, 6.07) is 8.87. The molecule has 1 fully saturated rings. The van der Waals surface area contributed by atoms with Crippen molar-refractivity contribution >= 4 is 29.3 Å². The zero-order valence-electron chi connectivity index (χ0n) is 12.9. The number of nitriles is 1. The standard InChI is InChI=1S/C16H19N3O3S/c1-23-8-5-14(20)16(22)18-6-7-19(15(21)11-18)13-4-2-3-12(9-13)10-17/h2-4,9,14,20H,5-8,11H2,1H3/t14-/m0/s1. The van der Waals surface area contributed by atoms with Gasteiger partial charge < -0.3 is 14.9 Å². The lowest BCUT2D eigenvalue weighted by atomic mass is 10.1. The molecule has 1 saturated heterocycles. The van der Waals surface area contributed by atoms with Crippen molar-refractivity contribution < 1.29 is 14.7 Å². The van der Waals surface area contributed by atoms with Crippen LogP contribution >= 0.6 is 11.8 Å². The largest absolute Gasteiger partial charge is 0.383 e. The number of piperazine rings is 1. The van der Waals surface area contributed by atoms with Gasteiger partial charge in [-0.05, 0) is 36.6 Å². The third-order valence-corrected chi connectivity index (χ3v) is 4.34. The molecule has 1 heterocycles. The van der Waals surface area contributed by atoms with Crippen LogP contribution in [0.1, 0.15) is 12.0 Å². The van der Waals surface area contributed by atoms with Crippen LogP contribution in [-0.4, -0.2) is 59.6 Å². The summed E-state index contributed by atoms with van der Waals surface area (Å²) >= 11 is 1.56. The van der Waals surface area contributed by atoms with Gasteiger partial charge in [-0.2, -0.15) is 17.0 Å². The Kier molecular flexibility index (Phi) is 6.02. The molecule has 6 nitrogen and oxygen atoms in total. The second-order valence-electron chi connectivity index (χ2n) is 5.26. The lowest BCUT2D eigenvalue weighted by Crippen LogP contribution is -2.54. The molecule has 1 N–H and O–H groups in total. The highest BCUT2D eigenvalue weighted by Crippen LogP contribution is 2.19. The summed E-state index contributed by atoms with van der Waals surface area (Å²) in [5, 5.41) is 18.8. The number of aliphatic hydroxyl groups is 1. The van der Waals surface area contributed by atoms with Crippen LogP contribution in [0.4, 0.5) is 5.69 Å². The minimum atomic E-state index is -1.05. The number of carbonyl (C=O) groups is 2. The summed E-state index contributed by atoms with van der Waals surface area (Å²) in [5.74, 6) is 0.0940. The van der Waals surface area contributed by atoms with Crippen LogP contribution in [0.15, 0.2) is 24.3 Å². The number of amides is 2. The first kappa shape index (κ1) is 17.3. The maximum Gasteiger partial charge on any atom is 0.251 e. The van der Waals surface area contributed by atoms with Crippen LogP contribution in [0.3, 0.4) is 0 Å². The Labute approximate surface area is 139 Å². The quantitative estimate of drug-likeness (QED) is 0.863. The molecule has 1 aliphatic rings. The summed E-state index contributed by atoms with van der Waals surface area (Å²) in [7, 11) is 0. The maximum atomic E-state index is 12.3. The molecule has 7 heteroatoms. The molecule has 2 rings (SSSR count). The predicted molar refractivity (Wildman–Crippen MR) is 89.1 cm³/mol. The van der Waals surface area contributed by atoms with Gasteiger partial charge in [0, 0.05) is 18.8 Å². The van der Waals surface area contributed by atoms with Gasteiger partial charge in [0.2, 0.25) is 5.91 Å². The van der Waals surface area contributed by atoms with E-state index in [0.717, 1.165) is 0 Å². The van der Waals surface area contributed by atoms with Gasteiger partial charge in [-0.3, -0.25) is 9.59 Å². The van der Waals surface area contributed by atoms with E-state index in [2.05, 4.69) is 0 Å². The summed E-state index contributed by atoms with van der Waals surface area (Å²) in [5.41, 5.74) is 1.14. The fourth-order valence-electron chi connectivity index (χ4n) is 2.44. The van der Waals surface area contributed by atoms with Crippen LogP contribution < -0.4 is 4.90 Å². The molecule has 1 atom stereocenters. The van der Waals surface area contributed by atoms with Gasteiger partial charge in [-0.1, -0.05) is 6.07 Å². The lowest BCUT2D eigenvalue weighted by Gasteiger charge is -2.35. The number of aliphatic hydroxyl groups excluding tert-OH is 1. The molecule has 23 heavy (non-hydrogen) atoms. The average Bonchev–Trinajstić information content (AvgIpc) is 2.58. The van der Waals surface area contributed by atoms with Crippen molar-refractivity contribution in [3.8, 4) is 6.07 Å². The second kappa shape index (κ2) is 7.99. The number of hydrogen-bond acceptors (Lipinski definition) is 5. The SMILES string of the molecule is CSCC[C@H](O)C(=O)N1CCN(c2cccc(C#N)c2)C(=O)C1. The average molecular weight is 333 g/mol. The maximum absolute atomic E-state index is 12.3. The van der Waals surface area contributed by atoms with Gasteiger partial charge >= 0.3 is 0 Å². The van der Waals surface area contributed by atoms with Gasteiger partial charge in [0.15, 0.2) is 0 Å². The van der Waals surface area contributed by atoms with E-state index in [-0.39, 0.29) is 12.5 Å².